The third-order valence-electron chi connectivity index (χ3n) is 3.82. The first-order chi connectivity index (χ1) is 12.8. The lowest BCUT2D eigenvalue weighted by Gasteiger charge is -2.15. The fourth-order valence-corrected chi connectivity index (χ4v) is 2.62. The number of nitrogen functional groups attached to an aromatic ring is 1. The number of hydrogen-bond acceptors (Lipinski definition) is 5. The lowest BCUT2D eigenvalue weighted by molar-refractivity contribution is -0.137. The van der Waals surface area contributed by atoms with Crippen LogP contribution < -0.4 is 16.4 Å². The van der Waals surface area contributed by atoms with E-state index in [1.807, 2.05) is 31.2 Å². The van der Waals surface area contributed by atoms with Crippen LogP contribution in [-0.4, -0.2) is 9.97 Å². The van der Waals surface area contributed by atoms with Crippen molar-refractivity contribution in [2.75, 3.05) is 16.4 Å². The second kappa shape index (κ2) is 7.32. The first-order valence-corrected chi connectivity index (χ1v) is 8.20. The van der Waals surface area contributed by atoms with E-state index in [-0.39, 0.29) is 22.2 Å². The third kappa shape index (κ3) is 4.22. The number of rotatable bonds is 4. The Bertz CT molecular complexity index is 975. The summed E-state index contributed by atoms with van der Waals surface area (Å²) in [6.45, 7) is 1.92. The van der Waals surface area contributed by atoms with Crippen molar-refractivity contribution in [3.05, 3.63) is 64.9 Å². The number of nitrogens with one attached hydrogen (secondary N) is 2. The molecule has 0 radical (unpaired) electrons. The van der Waals surface area contributed by atoms with Gasteiger partial charge < -0.3 is 16.4 Å². The van der Waals surface area contributed by atoms with Gasteiger partial charge in [-0.3, -0.25) is 0 Å². The van der Waals surface area contributed by atoms with Crippen LogP contribution in [0.2, 0.25) is 5.02 Å². The highest BCUT2D eigenvalue weighted by molar-refractivity contribution is 6.31. The maximum absolute atomic E-state index is 13.0. The van der Waals surface area contributed by atoms with Gasteiger partial charge in [-0.2, -0.15) is 13.2 Å². The monoisotopic (exact) mass is 393 g/mol. The van der Waals surface area contributed by atoms with Crippen LogP contribution in [0.4, 0.5) is 41.9 Å². The van der Waals surface area contributed by atoms with Crippen LogP contribution in [0.5, 0.6) is 0 Å². The SMILES string of the molecule is Cc1ccccc1Nc1ncnc(Nc2ccc(Cl)c(C(F)(F)F)c2)c1N. The molecular formula is C18H15ClF3N5. The Hall–Kier alpha value is -3.00. The number of nitrogens with two attached hydrogens (primary N) is 1. The average molecular weight is 394 g/mol. The Kier molecular flexibility index (Phi) is 5.09. The fourth-order valence-electron chi connectivity index (χ4n) is 2.39. The van der Waals surface area contributed by atoms with Crippen molar-refractivity contribution in [3.63, 3.8) is 0 Å². The smallest absolute Gasteiger partial charge is 0.393 e. The predicted octanol–water partition coefficient (Wildman–Crippen LogP) is 5.53. The molecule has 1 heterocycles. The summed E-state index contributed by atoms with van der Waals surface area (Å²) in [5.74, 6) is 0.517. The molecule has 1 aromatic heterocycles. The van der Waals surface area contributed by atoms with Crippen LogP contribution in [0.15, 0.2) is 48.8 Å². The van der Waals surface area contributed by atoms with Gasteiger partial charge in [0.05, 0.1) is 10.6 Å². The number of halogens is 4. The Balaban J connectivity index is 1.90. The summed E-state index contributed by atoms with van der Waals surface area (Å²) >= 11 is 5.64. The summed E-state index contributed by atoms with van der Waals surface area (Å²) in [5, 5.41) is 5.49. The summed E-state index contributed by atoms with van der Waals surface area (Å²) in [4.78, 5) is 8.11. The molecule has 0 saturated heterocycles. The Morgan fingerprint density at radius 1 is 1.00 bits per heavy atom. The molecule has 0 aliphatic heterocycles. The van der Waals surface area contributed by atoms with Crippen LogP contribution >= 0.6 is 11.6 Å². The van der Waals surface area contributed by atoms with Crippen molar-refractivity contribution >= 4 is 40.3 Å². The fraction of sp³-hybridized carbons (Fsp3) is 0.111. The first-order valence-electron chi connectivity index (χ1n) is 7.82. The van der Waals surface area contributed by atoms with Gasteiger partial charge in [0, 0.05) is 11.4 Å². The number of benzene rings is 2. The molecule has 3 aromatic rings. The molecule has 0 atom stereocenters. The van der Waals surface area contributed by atoms with Crippen molar-refractivity contribution in [2.45, 2.75) is 13.1 Å². The molecule has 0 aliphatic carbocycles. The van der Waals surface area contributed by atoms with E-state index in [1.54, 1.807) is 0 Å². The molecule has 0 fully saturated rings. The van der Waals surface area contributed by atoms with E-state index >= 15 is 0 Å². The lowest BCUT2D eigenvalue weighted by Crippen LogP contribution is -2.08. The second-order valence-corrected chi connectivity index (χ2v) is 6.15. The summed E-state index contributed by atoms with van der Waals surface area (Å²) in [6.07, 6.45) is -3.30. The maximum atomic E-state index is 13.0. The van der Waals surface area contributed by atoms with E-state index in [4.69, 9.17) is 17.3 Å². The number of alkyl halides is 3. The lowest BCUT2D eigenvalue weighted by atomic mass is 10.2. The second-order valence-electron chi connectivity index (χ2n) is 5.74. The Morgan fingerprint density at radius 2 is 1.67 bits per heavy atom. The maximum Gasteiger partial charge on any atom is 0.417 e. The van der Waals surface area contributed by atoms with E-state index < -0.39 is 11.7 Å². The highest BCUT2D eigenvalue weighted by Crippen LogP contribution is 2.37. The Morgan fingerprint density at radius 3 is 2.33 bits per heavy atom. The van der Waals surface area contributed by atoms with Gasteiger partial charge in [-0.25, -0.2) is 9.97 Å². The summed E-state index contributed by atoms with van der Waals surface area (Å²) in [6, 6.07) is 11.0. The first kappa shape index (κ1) is 18.8. The molecule has 140 valence electrons. The van der Waals surface area contributed by atoms with Crippen LogP contribution in [0.25, 0.3) is 0 Å². The summed E-state index contributed by atoms with van der Waals surface area (Å²) in [7, 11) is 0. The number of hydrogen-bond donors (Lipinski definition) is 3. The predicted molar refractivity (Wildman–Crippen MR) is 101 cm³/mol. The highest BCUT2D eigenvalue weighted by atomic mass is 35.5. The minimum Gasteiger partial charge on any atom is -0.393 e. The molecule has 3 rings (SSSR count). The van der Waals surface area contributed by atoms with Crippen LogP contribution in [-0.2, 0) is 6.18 Å². The van der Waals surface area contributed by atoms with Gasteiger partial charge in [-0.15, -0.1) is 0 Å². The van der Waals surface area contributed by atoms with Gasteiger partial charge in [0.25, 0.3) is 0 Å². The van der Waals surface area contributed by atoms with Gasteiger partial charge in [0.1, 0.15) is 12.0 Å². The number of aryl methyl sites for hydroxylation is 1. The molecule has 0 spiro atoms. The molecule has 4 N–H and O–H groups in total. The van der Waals surface area contributed by atoms with Gasteiger partial charge in [0.2, 0.25) is 0 Å². The topological polar surface area (TPSA) is 75.9 Å². The largest absolute Gasteiger partial charge is 0.417 e. The molecule has 2 aromatic carbocycles. The minimum atomic E-state index is -4.57. The van der Waals surface area contributed by atoms with Gasteiger partial charge in [-0.05, 0) is 36.8 Å². The van der Waals surface area contributed by atoms with Crippen molar-refractivity contribution in [1.29, 1.82) is 0 Å². The van der Waals surface area contributed by atoms with Crippen molar-refractivity contribution in [1.82, 2.24) is 9.97 Å². The van der Waals surface area contributed by atoms with Crippen molar-refractivity contribution in [3.8, 4) is 0 Å². The molecular weight excluding hydrogens is 379 g/mol. The van der Waals surface area contributed by atoms with Gasteiger partial charge in [0.15, 0.2) is 11.6 Å². The zero-order valence-corrected chi connectivity index (χ0v) is 14.9. The zero-order valence-electron chi connectivity index (χ0n) is 14.1. The molecule has 5 nitrogen and oxygen atoms in total. The van der Waals surface area contributed by atoms with Gasteiger partial charge >= 0.3 is 6.18 Å². The molecule has 0 saturated carbocycles. The minimum absolute atomic E-state index is 0.152. The van der Waals surface area contributed by atoms with E-state index in [2.05, 4.69) is 20.6 Å². The van der Waals surface area contributed by atoms with E-state index in [0.29, 0.717) is 5.82 Å². The summed E-state index contributed by atoms with van der Waals surface area (Å²) in [5.41, 5.74) is 7.25. The van der Waals surface area contributed by atoms with E-state index in [1.165, 1.54) is 12.4 Å². The quantitative estimate of drug-likeness (QED) is 0.543. The third-order valence-corrected chi connectivity index (χ3v) is 4.15. The number of aromatic nitrogens is 2. The Labute approximate surface area is 158 Å². The normalized spacial score (nSPS) is 11.3. The molecule has 27 heavy (non-hydrogen) atoms. The van der Waals surface area contributed by atoms with Gasteiger partial charge in [-0.1, -0.05) is 29.8 Å². The molecule has 0 unspecified atom stereocenters. The van der Waals surface area contributed by atoms with Crippen LogP contribution in [0.3, 0.4) is 0 Å². The zero-order chi connectivity index (χ0) is 19.6. The van der Waals surface area contributed by atoms with Crippen LogP contribution in [0.1, 0.15) is 11.1 Å². The number of anilines is 5. The molecule has 9 heteroatoms. The van der Waals surface area contributed by atoms with Crippen molar-refractivity contribution in [2.24, 2.45) is 0 Å². The average Bonchev–Trinajstić information content (AvgIpc) is 2.61. The number of nitrogens with zero attached hydrogens (tertiary/aromatic N) is 2. The molecule has 0 aliphatic rings. The molecule has 0 bridgehead atoms. The van der Waals surface area contributed by atoms with E-state index in [9.17, 15) is 13.2 Å². The standard InChI is InChI=1S/C18H15ClF3N5/c1-10-4-2-3-5-14(10)27-17-15(23)16(24-9-25-17)26-11-6-7-13(19)12(8-11)18(20,21)22/h2-9H,23H2,1H3,(H2,24,25,26,27). The highest BCUT2D eigenvalue weighted by Gasteiger charge is 2.33. The summed E-state index contributed by atoms with van der Waals surface area (Å²) < 4.78 is 39.1. The van der Waals surface area contributed by atoms with Crippen molar-refractivity contribution < 1.29 is 13.2 Å². The van der Waals surface area contributed by atoms with Crippen LogP contribution in [0, 0.1) is 6.92 Å². The van der Waals surface area contributed by atoms with E-state index in [0.717, 1.165) is 23.4 Å². The molecule has 0 amide bonds. The number of para-hydroxylation sites is 1.